The molecular weight excluding hydrogens is 448 g/mol. The lowest BCUT2D eigenvalue weighted by Gasteiger charge is -2.17. The van der Waals surface area contributed by atoms with Crippen molar-refractivity contribution in [2.24, 2.45) is 0 Å². The summed E-state index contributed by atoms with van der Waals surface area (Å²) >= 11 is 2.47. The predicted molar refractivity (Wildman–Crippen MR) is 124 cm³/mol. The van der Waals surface area contributed by atoms with Gasteiger partial charge in [-0.2, -0.15) is 8.75 Å². The molecule has 32 heavy (non-hydrogen) atoms. The number of hydrogen-bond donors (Lipinski definition) is 2. The van der Waals surface area contributed by atoms with Gasteiger partial charge in [-0.3, -0.25) is 10.1 Å². The molecular formula is C20H20N8O2S2. The van der Waals surface area contributed by atoms with E-state index >= 15 is 0 Å². The average molecular weight is 469 g/mol. The maximum atomic E-state index is 12.6. The van der Waals surface area contributed by atoms with Crippen molar-refractivity contribution in [2.75, 3.05) is 35.7 Å². The van der Waals surface area contributed by atoms with Crippen LogP contribution in [0.3, 0.4) is 0 Å². The quantitative estimate of drug-likeness (QED) is 0.422. The lowest BCUT2D eigenvalue weighted by molar-refractivity contribution is -0.126. The van der Waals surface area contributed by atoms with Crippen molar-refractivity contribution in [1.29, 1.82) is 0 Å². The van der Waals surface area contributed by atoms with Crippen molar-refractivity contribution in [3.63, 3.8) is 0 Å². The zero-order valence-corrected chi connectivity index (χ0v) is 18.8. The highest BCUT2D eigenvalue weighted by Crippen LogP contribution is 2.27. The van der Waals surface area contributed by atoms with E-state index in [0.717, 1.165) is 36.4 Å². The molecule has 0 spiro atoms. The van der Waals surface area contributed by atoms with Gasteiger partial charge in [0.05, 0.1) is 11.7 Å². The smallest absolute Gasteiger partial charge is 0.259 e. The van der Waals surface area contributed by atoms with Gasteiger partial charge < -0.3 is 15.0 Å². The second kappa shape index (κ2) is 9.10. The highest BCUT2D eigenvalue weighted by atomic mass is 32.1. The molecule has 1 aliphatic rings. The molecule has 3 aromatic heterocycles. The molecule has 0 radical (unpaired) electrons. The molecule has 1 unspecified atom stereocenters. The first-order valence-corrected chi connectivity index (χ1v) is 11.6. The van der Waals surface area contributed by atoms with E-state index in [2.05, 4.69) is 39.5 Å². The summed E-state index contributed by atoms with van der Waals surface area (Å²) in [6.07, 6.45) is 0.230. The molecule has 1 aromatic carbocycles. The van der Waals surface area contributed by atoms with Crippen LogP contribution in [0.1, 0.15) is 18.1 Å². The zero-order valence-electron chi connectivity index (χ0n) is 17.1. The summed E-state index contributed by atoms with van der Waals surface area (Å²) in [7, 11) is 1.51. The second-order valence-electron chi connectivity index (χ2n) is 7.28. The normalized spacial score (nSPS) is 16.9. The van der Waals surface area contributed by atoms with E-state index < -0.39 is 6.10 Å². The Kier molecular flexibility index (Phi) is 5.88. The Hall–Kier alpha value is -3.22. The van der Waals surface area contributed by atoms with Crippen LogP contribution in [0.5, 0.6) is 0 Å². The number of aromatic nitrogens is 5. The fourth-order valence-electron chi connectivity index (χ4n) is 3.63. The molecule has 4 heterocycles. The number of fused-ring (bicyclic) bond motifs is 1. The lowest BCUT2D eigenvalue weighted by Crippen LogP contribution is -2.26. The van der Waals surface area contributed by atoms with Crippen molar-refractivity contribution in [3.8, 4) is 0 Å². The Labute approximate surface area is 192 Å². The fourth-order valence-corrected chi connectivity index (χ4v) is 4.84. The third-order valence-electron chi connectivity index (χ3n) is 5.18. The van der Waals surface area contributed by atoms with Gasteiger partial charge in [0.1, 0.15) is 11.3 Å². The number of rotatable bonds is 7. The first-order chi connectivity index (χ1) is 15.7. The molecule has 4 aromatic rings. The third-order valence-corrected chi connectivity index (χ3v) is 6.48. The first kappa shape index (κ1) is 20.7. The largest absolute Gasteiger partial charge is 0.367 e. The SMILES string of the molecule is COC(C(=O)Nc1nnc(N[C@@H]2CCN(c3ccc4nsnc4n3)C2)s1)c1ccccc1. The number of methoxy groups -OCH3 is 1. The third kappa shape index (κ3) is 4.38. The molecule has 1 aliphatic heterocycles. The molecule has 1 saturated heterocycles. The molecule has 10 nitrogen and oxygen atoms in total. The second-order valence-corrected chi connectivity index (χ2v) is 8.79. The number of anilines is 3. The van der Waals surface area contributed by atoms with Gasteiger partial charge in [0.25, 0.3) is 5.91 Å². The molecule has 0 aliphatic carbocycles. The highest BCUT2D eigenvalue weighted by molar-refractivity contribution is 7.19. The molecule has 164 valence electrons. The lowest BCUT2D eigenvalue weighted by atomic mass is 10.1. The summed E-state index contributed by atoms with van der Waals surface area (Å²) in [5, 5.41) is 15.6. The first-order valence-electron chi connectivity index (χ1n) is 10.0. The van der Waals surface area contributed by atoms with Crippen LogP contribution in [0.2, 0.25) is 0 Å². The van der Waals surface area contributed by atoms with Gasteiger partial charge in [0.2, 0.25) is 10.3 Å². The van der Waals surface area contributed by atoms with Crippen LogP contribution in [0.15, 0.2) is 42.5 Å². The predicted octanol–water partition coefficient (Wildman–Crippen LogP) is 2.95. The Morgan fingerprint density at radius 3 is 2.84 bits per heavy atom. The minimum atomic E-state index is -0.711. The summed E-state index contributed by atoms with van der Waals surface area (Å²) in [5.41, 5.74) is 2.28. The number of nitrogens with zero attached hydrogens (tertiary/aromatic N) is 6. The van der Waals surface area contributed by atoms with E-state index in [-0.39, 0.29) is 11.9 Å². The van der Waals surface area contributed by atoms with Crippen LogP contribution in [-0.2, 0) is 9.53 Å². The van der Waals surface area contributed by atoms with E-state index in [0.29, 0.717) is 15.9 Å². The summed E-state index contributed by atoms with van der Waals surface area (Å²) in [4.78, 5) is 19.4. The highest BCUT2D eigenvalue weighted by Gasteiger charge is 2.26. The molecule has 12 heteroatoms. The van der Waals surface area contributed by atoms with Gasteiger partial charge in [-0.25, -0.2) is 4.98 Å². The maximum absolute atomic E-state index is 12.6. The number of amides is 1. The number of hydrogen-bond acceptors (Lipinski definition) is 11. The Morgan fingerprint density at radius 1 is 1.16 bits per heavy atom. The minimum Gasteiger partial charge on any atom is -0.367 e. The van der Waals surface area contributed by atoms with E-state index in [4.69, 9.17) is 4.74 Å². The van der Waals surface area contributed by atoms with Crippen LogP contribution < -0.4 is 15.5 Å². The number of nitrogens with one attached hydrogen (secondary N) is 2. The number of benzene rings is 1. The van der Waals surface area contributed by atoms with Crippen LogP contribution in [0, 0.1) is 0 Å². The zero-order chi connectivity index (χ0) is 21.9. The van der Waals surface area contributed by atoms with Gasteiger partial charge >= 0.3 is 0 Å². The van der Waals surface area contributed by atoms with Crippen molar-refractivity contribution >= 4 is 56.2 Å². The van der Waals surface area contributed by atoms with E-state index in [1.807, 2.05) is 42.5 Å². The fraction of sp³-hybridized carbons (Fsp3) is 0.300. The summed E-state index contributed by atoms with van der Waals surface area (Å²) < 4.78 is 13.8. The summed E-state index contributed by atoms with van der Waals surface area (Å²) in [6, 6.07) is 13.5. The molecule has 0 bridgehead atoms. The van der Waals surface area contributed by atoms with Crippen LogP contribution in [-0.4, -0.2) is 56.1 Å². The van der Waals surface area contributed by atoms with Crippen molar-refractivity contribution in [2.45, 2.75) is 18.6 Å². The number of carbonyl (C=O) groups is 1. The van der Waals surface area contributed by atoms with Crippen molar-refractivity contribution in [3.05, 3.63) is 48.0 Å². The van der Waals surface area contributed by atoms with Gasteiger partial charge in [0.15, 0.2) is 11.8 Å². The number of pyridine rings is 1. The maximum Gasteiger partial charge on any atom is 0.259 e. The molecule has 0 saturated carbocycles. The Balaban J connectivity index is 1.19. The minimum absolute atomic E-state index is 0.202. The molecule has 2 N–H and O–H groups in total. The average Bonchev–Trinajstić information content (AvgIpc) is 3.56. The van der Waals surface area contributed by atoms with Gasteiger partial charge in [-0.1, -0.05) is 41.7 Å². The van der Waals surface area contributed by atoms with Crippen molar-refractivity contribution < 1.29 is 9.53 Å². The summed E-state index contributed by atoms with van der Waals surface area (Å²) in [5.74, 6) is 0.609. The van der Waals surface area contributed by atoms with E-state index in [1.165, 1.54) is 30.2 Å². The Morgan fingerprint density at radius 2 is 2.00 bits per heavy atom. The van der Waals surface area contributed by atoms with Gasteiger partial charge in [-0.15, -0.1) is 10.2 Å². The Bertz CT molecular complexity index is 1210. The molecule has 5 rings (SSSR count). The topological polar surface area (TPSA) is 118 Å². The van der Waals surface area contributed by atoms with Crippen LogP contribution in [0.4, 0.5) is 16.1 Å². The molecule has 2 atom stereocenters. The molecule has 1 fully saturated rings. The number of carbonyl (C=O) groups excluding carboxylic acids is 1. The summed E-state index contributed by atoms with van der Waals surface area (Å²) in [6.45, 7) is 1.67. The van der Waals surface area contributed by atoms with Crippen LogP contribution >= 0.6 is 23.1 Å². The number of ether oxygens (including phenoxy) is 1. The van der Waals surface area contributed by atoms with E-state index in [9.17, 15) is 4.79 Å². The monoisotopic (exact) mass is 468 g/mol. The van der Waals surface area contributed by atoms with E-state index in [1.54, 1.807) is 0 Å². The van der Waals surface area contributed by atoms with Crippen molar-refractivity contribution in [1.82, 2.24) is 23.9 Å². The van der Waals surface area contributed by atoms with Gasteiger partial charge in [0, 0.05) is 26.2 Å². The van der Waals surface area contributed by atoms with Gasteiger partial charge in [-0.05, 0) is 24.1 Å². The standard InChI is InChI=1S/C20H20N8O2S2/c1-30-16(12-5-3-2-4-6-12)18(29)23-20-25-24-19(31-20)21-13-9-10-28(11-13)15-8-7-14-17(22-15)27-32-26-14/h2-8,13,16H,9-11H2,1H3,(H,21,24)(H,23,25,29)/t13-,16?/m1/s1. The molecule has 1 amide bonds. The van der Waals surface area contributed by atoms with Crippen LogP contribution in [0.25, 0.3) is 11.2 Å².